The molecule has 4 nitrogen and oxygen atoms in total. The average molecular weight is 281 g/mol. The molecule has 0 bridgehead atoms. The Kier molecular flexibility index (Phi) is 5.85. The first-order valence-electron chi connectivity index (χ1n) is 8.27. The molecule has 1 amide bonds. The average Bonchev–Trinajstić information content (AvgIpc) is 2.87. The van der Waals surface area contributed by atoms with Gasteiger partial charge in [-0.3, -0.25) is 9.69 Å². The summed E-state index contributed by atoms with van der Waals surface area (Å²) in [7, 11) is 2.05. The zero-order valence-electron chi connectivity index (χ0n) is 13.3. The number of hydrogen-bond acceptors (Lipinski definition) is 3. The second kappa shape index (κ2) is 7.41. The first-order chi connectivity index (χ1) is 9.56. The minimum atomic E-state index is 0.191. The minimum absolute atomic E-state index is 0.191. The smallest absolute Gasteiger partial charge is 0.234 e. The molecule has 1 aliphatic heterocycles. The van der Waals surface area contributed by atoms with Crippen LogP contribution < -0.4 is 10.6 Å². The van der Waals surface area contributed by atoms with Crippen molar-refractivity contribution in [2.45, 2.75) is 58.0 Å². The molecule has 0 spiro atoms. The highest BCUT2D eigenvalue weighted by Crippen LogP contribution is 2.29. The van der Waals surface area contributed by atoms with Crippen molar-refractivity contribution in [2.75, 3.05) is 26.7 Å². The molecule has 2 aliphatic rings. The van der Waals surface area contributed by atoms with Gasteiger partial charge in [0.25, 0.3) is 0 Å². The van der Waals surface area contributed by atoms with Gasteiger partial charge in [-0.05, 0) is 44.7 Å². The molecule has 1 saturated heterocycles. The summed E-state index contributed by atoms with van der Waals surface area (Å²) in [6, 6.07) is 0.950. The lowest BCUT2D eigenvalue weighted by molar-refractivity contribution is -0.123. The largest absolute Gasteiger partial charge is 0.352 e. The third kappa shape index (κ3) is 4.45. The van der Waals surface area contributed by atoms with Crippen molar-refractivity contribution >= 4 is 5.91 Å². The van der Waals surface area contributed by atoms with E-state index in [2.05, 4.69) is 29.4 Å². The van der Waals surface area contributed by atoms with Gasteiger partial charge in [0.15, 0.2) is 0 Å². The summed E-state index contributed by atoms with van der Waals surface area (Å²) in [4.78, 5) is 14.3. The summed E-state index contributed by atoms with van der Waals surface area (Å²) >= 11 is 0. The molecule has 1 heterocycles. The normalized spacial score (nSPS) is 34.4. The van der Waals surface area contributed by atoms with E-state index in [1.54, 1.807) is 0 Å². The van der Waals surface area contributed by atoms with E-state index < -0.39 is 0 Å². The van der Waals surface area contributed by atoms with Gasteiger partial charge in [-0.1, -0.05) is 26.7 Å². The number of carbonyl (C=O) groups is 1. The Balaban J connectivity index is 1.71. The van der Waals surface area contributed by atoms with E-state index in [1.807, 2.05) is 7.05 Å². The first-order valence-corrected chi connectivity index (χ1v) is 8.27. The summed E-state index contributed by atoms with van der Waals surface area (Å²) in [5.74, 6) is 1.53. The maximum atomic E-state index is 12.2. The summed E-state index contributed by atoms with van der Waals surface area (Å²) in [5.41, 5.74) is 0. The fourth-order valence-electron chi connectivity index (χ4n) is 3.64. The van der Waals surface area contributed by atoms with Gasteiger partial charge in [0.2, 0.25) is 5.91 Å². The summed E-state index contributed by atoms with van der Waals surface area (Å²) in [6.45, 7) is 7.21. The van der Waals surface area contributed by atoms with Crippen molar-refractivity contribution in [3.05, 3.63) is 0 Å². The first kappa shape index (κ1) is 15.8. The van der Waals surface area contributed by atoms with Crippen LogP contribution >= 0.6 is 0 Å². The monoisotopic (exact) mass is 281 g/mol. The van der Waals surface area contributed by atoms with E-state index in [0.29, 0.717) is 24.5 Å². The molecule has 1 aliphatic carbocycles. The number of likely N-dealkylation sites (N-methyl/N-ethyl adjacent to an activating group) is 1. The van der Waals surface area contributed by atoms with Gasteiger partial charge in [-0.25, -0.2) is 0 Å². The van der Waals surface area contributed by atoms with Crippen LogP contribution in [0, 0.1) is 11.8 Å². The Bertz CT molecular complexity index is 315. The molecule has 0 radical (unpaired) electrons. The molecule has 0 aromatic rings. The molecule has 0 aromatic carbocycles. The Morgan fingerprint density at radius 3 is 2.75 bits per heavy atom. The van der Waals surface area contributed by atoms with Gasteiger partial charge in [-0.2, -0.15) is 0 Å². The highest BCUT2D eigenvalue weighted by atomic mass is 16.2. The number of rotatable bonds is 5. The van der Waals surface area contributed by atoms with E-state index in [9.17, 15) is 4.79 Å². The Labute approximate surface area is 123 Å². The summed E-state index contributed by atoms with van der Waals surface area (Å²) in [6.07, 6.45) is 6.20. The lowest BCUT2D eigenvalue weighted by atomic mass is 9.78. The SMILES string of the molecule is CC1CCCC(NC(=O)CN(C)CC2CCCN2)C1C. The molecule has 2 rings (SSSR count). The summed E-state index contributed by atoms with van der Waals surface area (Å²) in [5, 5.41) is 6.74. The van der Waals surface area contributed by atoms with Crippen molar-refractivity contribution in [2.24, 2.45) is 11.8 Å². The van der Waals surface area contributed by atoms with Gasteiger partial charge in [0.05, 0.1) is 6.54 Å². The van der Waals surface area contributed by atoms with Crippen molar-refractivity contribution in [1.29, 1.82) is 0 Å². The number of nitrogens with zero attached hydrogens (tertiary/aromatic N) is 1. The van der Waals surface area contributed by atoms with Gasteiger partial charge in [-0.15, -0.1) is 0 Å². The minimum Gasteiger partial charge on any atom is -0.352 e. The van der Waals surface area contributed by atoms with Gasteiger partial charge < -0.3 is 10.6 Å². The molecule has 20 heavy (non-hydrogen) atoms. The third-order valence-corrected chi connectivity index (χ3v) is 5.16. The van der Waals surface area contributed by atoms with Crippen LogP contribution in [0.3, 0.4) is 0 Å². The van der Waals surface area contributed by atoms with Crippen molar-refractivity contribution in [1.82, 2.24) is 15.5 Å². The van der Waals surface area contributed by atoms with Crippen molar-refractivity contribution in [3.8, 4) is 0 Å². The van der Waals surface area contributed by atoms with E-state index in [1.165, 1.54) is 25.7 Å². The van der Waals surface area contributed by atoms with Crippen LogP contribution in [-0.2, 0) is 4.79 Å². The predicted octanol–water partition coefficient (Wildman–Crippen LogP) is 1.61. The van der Waals surface area contributed by atoms with E-state index in [-0.39, 0.29) is 5.91 Å². The van der Waals surface area contributed by atoms with Crippen molar-refractivity contribution < 1.29 is 4.79 Å². The Hall–Kier alpha value is -0.610. The standard InChI is InChI=1S/C16H31N3O/c1-12-6-4-8-15(13(12)2)18-16(20)11-19(3)10-14-7-5-9-17-14/h12-15,17H,4-11H2,1-3H3,(H,18,20). The molecular weight excluding hydrogens is 250 g/mol. The van der Waals surface area contributed by atoms with E-state index >= 15 is 0 Å². The maximum absolute atomic E-state index is 12.2. The second-order valence-corrected chi connectivity index (χ2v) is 6.93. The topological polar surface area (TPSA) is 44.4 Å². The zero-order valence-corrected chi connectivity index (χ0v) is 13.3. The second-order valence-electron chi connectivity index (χ2n) is 6.93. The fraction of sp³-hybridized carbons (Fsp3) is 0.938. The van der Waals surface area contributed by atoms with Crippen LogP contribution in [0.1, 0.15) is 46.0 Å². The lowest BCUT2D eigenvalue weighted by Crippen LogP contribution is -2.48. The fourth-order valence-corrected chi connectivity index (χ4v) is 3.64. The highest BCUT2D eigenvalue weighted by molar-refractivity contribution is 5.78. The van der Waals surface area contributed by atoms with Gasteiger partial charge in [0.1, 0.15) is 0 Å². The third-order valence-electron chi connectivity index (χ3n) is 5.16. The maximum Gasteiger partial charge on any atom is 0.234 e. The Morgan fingerprint density at radius 1 is 1.25 bits per heavy atom. The quantitative estimate of drug-likeness (QED) is 0.805. The van der Waals surface area contributed by atoms with Crippen LogP contribution in [0.4, 0.5) is 0 Å². The van der Waals surface area contributed by atoms with Gasteiger partial charge >= 0.3 is 0 Å². The number of hydrogen-bond donors (Lipinski definition) is 2. The Morgan fingerprint density at radius 2 is 2.05 bits per heavy atom. The number of amides is 1. The number of nitrogens with one attached hydrogen (secondary N) is 2. The van der Waals surface area contributed by atoms with E-state index in [4.69, 9.17) is 0 Å². The molecule has 4 heteroatoms. The van der Waals surface area contributed by atoms with Crippen LogP contribution in [0.15, 0.2) is 0 Å². The molecule has 1 saturated carbocycles. The zero-order chi connectivity index (χ0) is 14.5. The van der Waals surface area contributed by atoms with Crippen LogP contribution in [0.2, 0.25) is 0 Å². The van der Waals surface area contributed by atoms with Crippen molar-refractivity contribution in [3.63, 3.8) is 0 Å². The van der Waals surface area contributed by atoms with Crippen LogP contribution in [-0.4, -0.2) is 49.6 Å². The molecule has 4 atom stereocenters. The molecule has 2 fully saturated rings. The molecule has 2 N–H and O–H groups in total. The molecule has 4 unspecified atom stereocenters. The highest BCUT2D eigenvalue weighted by Gasteiger charge is 2.28. The molecule has 116 valence electrons. The predicted molar refractivity (Wildman–Crippen MR) is 82.6 cm³/mol. The van der Waals surface area contributed by atoms with Crippen LogP contribution in [0.5, 0.6) is 0 Å². The summed E-state index contributed by atoms with van der Waals surface area (Å²) < 4.78 is 0. The van der Waals surface area contributed by atoms with Crippen LogP contribution in [0.25, 0.3) is 0 Å². The van der Waals surface area contributed by atoms with E-state index in [0.717, 1.165) is 25.4 Å². The van der Waals surface area contributed by atoms with Gasteiger partial charge in [0, 0.05) is 18.6 Å². The molecular formula is C16H31N3O. The lowest BCUT2D eigenvalue weighted by Gasteiger charge is -2.35. The number of carbonyl (C=O) groups excluding carboxylic acids is 1. The molecule has 0 aromatic heterocycles.